The Balaban J connectivity index is 2.51. The van der Waals surface area contributed by atoms with Crippen molar-refractivity contribution >= 4 is 27.7 Å². The fraction of sp³-hybridized carbons (Fsp3) is 0.455. The van der Waals surface area contributed by atoms with E-state index in [2.05, 4.69) is 22.0 Å². The summed E-state index contributed by atoms with van der Waals surface area (Å²) in [5.41, 5.74) is 1.26. The highest BCUT2D eigenvalue weighted by Crippen LogP contribution is 2.25. The predicted molar refractivity (Wildman–Crippen MR) is 68.7 cm³/mol. The van der Waals surface area contributed by atoms with Crippen LogP contribution < -0.4 is 4.74 Å². The summed E-state index contributed by atoms with van der Waals surface area (Å²) < 4.78 is 11.3. The molecule has 1 aromatic carbocycles. The molecule has 0 atom stereocenters. The first-order chi connectivity index (χ1) is 7.27. The monoisotopic (exact) mass is 290 g/mol. The molecule has 2 nitrogen and oxygen atoms in total. The van der Waals surface area contributed by atoms with Gasteiger partial charge in [0.15, 0.2) is 0 Å². The maximum Gasteiger partial charge on any atom is 0.119 e. The van der Waals surface area contributed by atoms with Gasteiger partial charge >= 0.3 is 0 Å². The highest BCUT2D eigenvalue weighted by atomic mass is 79.9. The van der Waals surface area contributed by atoms with Crippen LogP contribution >= 0.6 is 27.7 Å². The van der Waals surface area contributed by atoms with Crippen molar-refractivity contribution in [3.63, 3.8) is 0 Å². The molecule has 0 amide bonds. The van der Waals surface area contributed by atoms with Crippen LogP contribution in [-0.4, -0.2) is 26.6 Å². The molecule has 0 unspecified atom stereocenters. The second-order valence-electron chi connectivity index (χ2n) is 3.00. The third kappa shape index (κ3) is 4.45. The highest BCUT2D eigenvalue weighted by Gasteiger charge is 2.02. The van der Waals surface area contributed by atoms with Crippen LogP contribution in [0.4, 0.5) is 0 Å². The Bertz CT molecular complexity index is 305. The van der Waals surface area contributed by atoms with Gasteiger partial charge in [0.1, 0.15) is 5.75 Å². The number of hydrogen-bond acceptors (Lipinski definition) is 3. The SMILES string of the molecule is COCCSCc1cc(OC)ccc1Br. The molecular formula is C11H15BrO2S. The lowest BCUT2D eigenvalue weighted by Gasteiger charge is -2.07. The van der Waals surface area contributed by atoms with E-state index in [1.165, 1.54) is 5.56 Å². The molecule has 1 rings (SSSR count). The Labute approximate surface area is 103 Å². The van der Waals surface area contributed by atoms with Gasteiger partial charge in [0.2, 0.25) is 0 Å². The lowest BCUT2D eigenvalue weighted by atomic mass is 10.2. The molecule has 0 saturated carbocycles. The van der Waals surface area contributed by atoms with Crippen molar-refractivity contribution in [1.82, 2.24) is 0 Å². The number of rotatable bonds is 6. The molecule has 0 heterocycles. The number of thioether (sulfide) groups is 1. The quantitative estimate of drug-likeness (QED) is 0.749. The standard InChI is InChI=1S/C11H15BrO2S/c1-13-5-6-15-8-9-7-10(14-2)3-4-11(9)12/h3-4,7H,5-6,8H2,1-2H3. The molecule has 0 aromatic heterocycles. The van der Waals surface area contributed by atoms with Crippen molar-refractivity contribution in [1.29, 1.82) is 0 Å². The molecule has 0 saturated heterocycles. The van der Waals surface area contributed by atoms with E-state index in [1.807, 2.05) is 23.9 Å². The summed E-state index contributed by atoms with van der Waals surface area (Å²) >= 11 is 5.38. The van der Waals surface area contributed by atoms with Crippen LogP contribution in [0, 0.1) is 0 Å². The number of hydrogen-bond donors (Lipinski definition) is 0. The molecule has 0 spiro atoms. The van der Waals surface area contributed by atoms with Gasteiger partial charge in [-0.3, -0.25) is 0 Å². The van der Waals surface area contributed by atoms with Gasteiger partial charge in [0.25, 0.3) is 0 Å². The third-order valence-electron chi connectivity index (χ3n) is 1.94. The summed E-state index contributed by atoms with van der Waals surface area (Å²) in [6.45, 7) is 0.798. The Morgan fingerprint density at radius 2 is 2.13 bits per heavy atom. The normalized spacial score (nSPS) is 10.3. The van der Waals surface area contributed by atoms with E-state index < -0.39 is 0 Å². The van der Waals surface area contributed by atoms with Crippen LogP contribution in [0.15, 0.2) is 22.7 Å². The predicted octanol–water partition coefficient (Wildman–Crippen LogP) is 3.34. The second-order valence-corrected chi connectivity index (χ2v) is 4.96. The lowest BCUT2D eigenvalue weighted by molar-refractivity contribution is 0.218. The summed E-state index contributed by atoms with van der Waals surface area (Å²) in [7, 11) is 3.41. The van der Waals surface area contributed by atoms with E-state index in [0.717, 1.165) is 28.3 Å². The number of ether oxygens (including phenoxy) is 2. The highest BCUT2D eigenvalue weighted by molar-refractivity contribution is 9.10. The van der Waals surface area contributed by atoms with Crippen LogP contribution in [0.2, 0.25) is 0 Å². The molecule has 84 valence electrons. The molecule has 15 heavy (non-hydrogen) atoms. The summed E-state index contributed by atoms with van der Waals surface area (Å²) in [6, 6.07) is 6.03. The Kier molecular flexibility index (Phi) is 6.13. The van der Waals surface area contributed by atoms with E-state index >= 15 is 0 Å². The van der Waals surface area contributed by atoms with E-state index in [0.29, 0.717) is 0 Å². The Morgan fingerprint density at radius 3 is 2.80 bits per heavy atom. The van der Waals surface area contributed by atoms with Crippen LogP contribution in [0.25, 0.3) is 0 Å². The summed E-state index contributed by atoms with van der Waals surface area (Å²) in [4.78, 5) is 0. The molecule has 0 bridgehead atoms. The van der Waals surface area contributed by atoms with Crippen molar-refractivity contribution in [3.05, 3.63) is 28.2 Å². The van der Waals surface area contributed by atoms with E-state index in [-0.39, 0.29) is 0 Å². The van der Waals surface area contributed by atoms with E-state index in [4.69, 9.17) is 9.47 Å². The van der Waals surface area contributed by atoms with Gasteiger partial charge in [0, 0.05) is 23.1 Å². The first-order valence-electron chi connectivity index (χ1n) is 4.67. The molecule has 0 fully saturated rings. The maximum atomic E-state index is 5.18. The molecule has 1 aromatic rings. The Morgan fingerprint density at radius 1 is 1.33 bits per heavy atom. The number of benzene rings is 1. The largest absolute Gasteiger partial charge is 0.497 e. The second kappa shape index (κ2) is 7.14. The fourth-order valence-corrected chi connectivity index (χ4v) is 2.57. The third-order valence-corrected chi connectivity index (χ3v) is 3.69. The van der Waals surface area contributed by atoms with Gasteiger partial charge in [0.05, 0.1) is 13.7 Å². The van der Waals surface area contributed by atoms with Crippen molar-refractivity contribution in [2.45, 2.75) is 5.75 Å². The zero-order chi connectivity index (χ0) is 11.1. The summed E-state index contributed by atoms with van der Waals surface area (Å²) in [5.74, 6) is 2.89. The van der Waals surface area contributed by atoms with Crippen molar-refractivity contribution in [2.24, 2.45) is 0 Å². The van der Waals surface area contributed by atoms with E-state index in [1.54, 1.807) is 14.2 Å². The number of halogens is 1. The first kappa shape index (κ1) is 12.9. The van der Waals surface area contributed by atoms with Gasteiger partial charge < -0.3 is 9.47 Å². The van der Waals surface area contributed by atoms with Gasteiger partial charge in [-0.2, -0.15) is 11.8 Å². The molecule has 0 aliphatic carbocycles. The van der Waals surface area contributed by atoms with Gasteiger partial charge in [-0.25, -0.2) is 0 Å². The van der Waals surface area contributed by atoms with Crippen molar-refractivity contribution in [3.8, 4) is 5.75 Å². The molecule has 0 radical (unpaired) electrons. The van der Waals surface area contributed by atoms with Crippen LogP contribution in [0.5, 0.6) is 5.75 Å². The van der Waals surface area contributed by atoms with Gasteiger partial charge in [-0.05, 0) is 23.8 Å². The smallest absolute Gasteiger partial charge is 0.119 e. The minimum atomic E-state index is 0.798. The summed E-state index contributed by atoms with van der Waals surface area (Å²) in [6.07, 6.45) is 0. The lowest BCUT2D eigenvalue weighted by Crippen LogP contribution is -1.93. The average Bonchev–Trinajstić information content (AvgIpc) is 2.26. The first-order valence-corrected chi connectivity index (χ1v) is 6.61. The number of methoxy groups -OCH3 is 2. The molecule has 0 N–H and O–H groups in total. The molecule has 0 aliphatic heterocycles. The van der Waals surface area contributed by atoms with Crippen molar-refractivity contribution < 1.29 is 9.47 Å². The zero-order valence-electron chi connectivity index (χ0n) is 8.96. The van der Waals surface area contributed by atoms with Crippen LogP contribution in [-0.2, 0) is 10.5 Å². The molecule has 4 heteroatoms. The van der Waals surface area contributed by atoms with Crippen LogP contribution in [0.3, 0.4) is 0 Å². The molecule has 0 aliphatic rings. The van der Waals surface area contributed by atoms with Crippen LogP contribution in [0.1, 0.15) is 5.56 Å². The minimum Gasteiger partial charge on any atom is -0.497 e. The fourth-order valence-electron chi connectivity index (χ4n) is 1.11. The summed E-state index contributed by atoms with van der Waals surface area (Å²) in [5, 5.41) is 0. The average molecular weight is 291 g/mol. The van der Waals surface area contributed by atoms with Crippen molar-refractivity contribution in [2.75, 3.05) is 26.6 Å². The van der Waals surface area contributed by atoms with E-state index in [9.17, 15) is 0 Å². The minimum absolute atomic E-state index is 0.798. The van der Waals surface area contributed by atoms with Gasteiger partial charge in [-0.15, -0.1) is 0 Å². The van der Waals surface area contributed by atoms with Gasteiger partial charge in [-0.1, -0.05) is 15.9 Å². The maximum absolute atomic E-state index is 5.18. The molecular weight excluding hydrogens is 276 g/mol. The zero-order valence-corrected chi connectivity index (χ0v) is 11.4. The topological polar surface area (TPSA) is 18.5 Å². The Hall–Kier alpha value is -0.190.